The summed E-state index contributed by atoms with van der Waals surface area (Å²) in [6, 6.07) is 1.14. The molecule has 1 aromatic rings. The van der Waals surface area contributed by atoms with Gasteiger partial charge >= 0.3 is 11.7 Å². The zero-order chi connectivity index (χ0) is 15.4. The Morgan fingerprint density at radius 2 is 2.33 bits per heavy atom. The van der Waals surface area contributed by atoms with E-state index in [9.17, 15) is 14.9 Å². The van der Waals surface area contributed by atoms with Crippen LogP contribution in [0.2, 0.25) is 0 Å². The molecule has 0 aliphatic carbocycles. The van der Waals surface area contributed by atoms with Gasteiger partial charge in [-0.1, -0.05) is 0 Å². The molecule has 1 unspecified atom stereocenters. The summed E-state index contributed by atoms with van der Waals surface area (Å²) in [6.45, 7) is 0.730. The van der Waals surface area contributed by atoms with Crippen LogP contribution in [-0.4, -0.2) is 45.3 Å². The lowest BCUT2D eigenvalue weighted by Crippen LogP contribution is -2.30. The molecule has 1 saturated heterocycles. The minimum atomic E-state index is -1.24. The summed E-state index contributed by atoms with van der Waals surface area (Å²) in [4.78, 5) is 27.3. The maximum atomic E-state index is 11.2. The zero-order valence-electron chi connectivity index (χ0n) is 11.4. The molecule has 8 heteroatoms. The standard InChI is InChI=1S/C13H17N3O5/c17-6-2-4-10-3-1-5-15(10)12-11(16(20)21)7-9(8-14-12)13(18)19/h7-8,10,17H,1-6H2,(H,18,19). The van der Waals surface area contributed by atoms with Gasteiger partial charge < -0.3 is 15.1 Å². The summed E-state index contributed by atoms with van der Waals surface area (Å²) in [7, 11) is 0. The van der Waals surface area contributed by atoms with Gasteiger partial charge in [-0.3, -0.25) is 10.1 Å². The van der Waals surface area contributed by atoms with Crippen molar-refractivity contribution in [2.75, 3.05) is 18.1 Å². The fourth-order valence-corrected chi connectivity index (χ4v) is 2.66. The van der Waals surface area contributed by atoms with E-state index >= 15 is 0 Å². The Labute approximate surface area is 121 Å². The first-order valence-electron chi connectivity index (χ1n) is 6.80. The van der Waals surface area contributed by atoms with Crippen molar-refractivity contribution < 1.29 is 19.9 Å². The second kappa shape index (κ2) is 6.49. The number of hydrogen-bond acceptors (Lipinski definition) is 6. The van der Waals surface area contributed by atoms with E-state index in [1.807, 2.05) is 4.90 Å². The smallest absolute Gasteiger partial charge is 0.337 e. The quantitative estimate of drug-likeness (QED) is 0.602. The number of aliphatic hydroxyl groups is 1. The molecular weight excluding hydrogens is 278 g/mol. The lowest BCUT2D eigenvalue weighted by Gasteiger charge is -2.25. The van der Waals surface area contributed by atoms with Crippen molar-refractivity contribution in [3.05, 3.63) is 27.9 Å². The van der Waals surface area contributed by atoms with Gasteiger partial charge in [0.2, 0.25) is 5.82 Å². The van der Waals surface area contributed by atoms with Gasteiger partial charge in [-0.25, -0.2) is 9.78 Å². The maximum Gasteiger partial charge on any atom is 0.337 e. The number of nitrogens with zero attached hydrogens (tertiary/aromatic N) is 3. The number of aromatic nitrogens is 1. The fourth-order valence-electron chi connectivity index (χ4n) is 2.66. The second-order valence-corrected chi connectivity index (χ2v) is 4.98. The van der Waals surface area contributed by atoms with Gasteiger partial charge in [0.25, 0.3) is 0 Å². The molecule has 0 aromatic carbocycles. The highest BCUT2D eigenvalue weighted by atomic mass is 16.6. The van der Waals surface area contributed by atoms with Gasteiger partial charge in [0, 0.05) is 31.5 Å². The van der Waals surface area contributed by atoms with Gasteiger partial charge in [0.15, 0.2) is 0 Å². The van der Waals surface area contributed by atoms with Crippen LogP contribution in [0.3, 0.4) is 0 Å². The Bertz CT molecular complexity index is 549. The lowest BCUT2D eigenvalue weighted by atomic mass is 10.1. The molecule has 1 fully saturated rings. The van der Waals surface area contributed by atoms with Crippen LogP contribution in [0, 0.1) is 10.1 Å². The average molecular weight is 295 g/mol. The van der Waals surface area contributed by atoms with Crippen molar-refractivity contribution >= 4 is 17.5 Å². The number of anilines is 1. The van der Waals surface area contributed by atoms with E-state index in [2.05, 4.69) is 4.98 Å². The number of pyridine rings is 1. The van der Waals surface area contributed by atoms with Crippen molar-refractivity contribution in [3.63, 3.8) is 0 Å². The van der Waals surface area contributed by atoms with Gasteiger partial charge in [-0.2, -0.15) is 0 Å². The van der Waals surface area contributed by atoms with Crippen molar-refractivity contribution in [3.8, 4) is 0 Å². The molecule has 2 rings (SSSR count). The van der Waals surface area contributed by atoms with Crippen LogP contribution in [0.1, 0.15) is 36.0 Å². The van der Waals surface area contributed by atoms with E-state index in [0.717, 1.165) is 31.5 Å². The molecule has 1 aliphatic rings. The van der Waals surface area contributed by atoms with Crippen LogP contribution in [0.15, 0.2) is 12.3 Å². The molecule has 0 spiro atoms. The summed E-state index contributed by atoms with van der Waals surface area (Å²) in [5.74, 6) is -1.03. The molecule has 0 saturated carbocycles. The molecule has 0 radical (unpaired) electrons. The van der Waals surface area contributed by atoms with Crippen LogP contribution in [0.5, 0.6) is 0 Å². The predicted octanol–water partition coefficient (Wildman–Crippen LogP) is 1.43. The van der Waals surface area contributed by atoms with E-state index in [1.54, 1.807) is 0 Å². The molecule has 1 aliphatic heterocycles. The molecule has 0 bridgehead atoms. The predicted molar refractivity (Wildman–Crippen MR) is 74.5 cm³/mol. The third kappa shape index (κ3) is 3.27. The molecule has 2 N–H and O–H groups in total. The number of aromatic carboxylic acids is 1. The SMILES string of the molecule is O=C(O)c1cnc(N2CCCC2CCCO)c([N+](=O)[O-])c1. The summed E-state index contributed by atoms with van der Waals surface area (Å²) < 4.78 is 0. The summed E-state index contributed by atoms with van der Waals surface area (Å²) in [5, 5.41) is 29.0. The highest BCUT2D eigenvalue weighted by Crippen LogP contribution is 2.33. The number of carbonyl (C=O) groups is 1. The highest BCUT2D eigenvalue weighted by molar-refractivity contribution is 5.88. The normalized spacial score (nSPS) is 18.0. The van der Waals surface area contributed by atoms with Gasteiger partial charge in [-0.05, 0) is 25.7 Å². The molecule has 114 valence electrons. The highest BCUT2D eigenvalue weighted by Gasteiger charge is 2.31. The summed E-state index contributed by atoms with van der Waals surface area (Å²) in [6.07, 6.45) is 4.29. The Kier molecular flexibility index (Phi) is 4.69. The fraction of sp³-hybridized carbons (Fsp3) is 0.538. The van der Waals surface area contributed by atoms with E-state index in [-0.39, 0.29) is 29.7 Å². The minimum absolute atomic E-state index is 0.0812. The van der Waals surface area contributed by atoms with Crippen molar-refractivity contribution in [1.29, 1.82) is 0 Å². The number of nitro groups is 1. The summed E-state index contributed by atoms with van der Waals surface area (Å²) >= 11 is 0. The Morgan fingerprint density at radius 3 is 2.95 bits per heavy atom. The van der Waals surface area contributed by atoms with Crippen LogP contribution in [0.25, 0.3) is 0 Å². The third-order valence-electron chi connectivity index (χ3n) is 3.64. The summed E-state index contributed by atoms with van der Waals surface area (Å²) in [5.41, 5.74) is -0.484. The Hall–Kier alpha value is -2.22. The Balaban J connectivity index is 2.33. The Morgan fingerprint density at radius 1 is 1.57 bits per heavy atom. The van der Waals surface area contributed by atoms with Crippen molar-refractivity contribution in [2.45, 2.75) is 31.7 Å². The van der Waals surface area contributed by atoms with Crippen LogP contribution >= 0.6 is 0 Å². The molecule has 8 nitrogen and oxygen atoms in total. The van der Waals surface area contributed by atoms with E-state index in [4.69, 9.17) is 10.2 Å². The lowest BCUT2D eigenvalue weighted by molar-refractivity contribution is -0.384. The number of carboxylic acid groups (broad SMARTS) is 1. The zero-order valence-corrected chi connectivity index (χ0v) is 11.4. The first-order valence-corrected chi connectivity index (χ1v) is 6.80. The largest absolute Gasteiger partial charge is 0.478 e. The maximum absolute atomic E-state index is 11.2. The van der Waals surface area contributed by atoms with Gasteiger partial charge in [0.1, 0.15) is 0 Å². The number of aliphatic hydroxyl groups excluding tert-OH is 1. The first-order chi connectivity index (χ1) is 10.0. The molecular formula is C13H17N3O5. The van der Waals surface area contributed by atoms with Crippen LogP contribution in [-0.2, 0) is 0 Å². The molecule has 0 amide bonds. The molecule has 1 aromatic heterocycles. The van der Waals surface area contributed by atoms with E-state index in [0.29, 0.717) is 13.0 Å². The minimum Gasteiger partial charge on any atom is -0.478 e. The van der Waals surface area contributed by atoms with E-state index < -0.39 is 10.9 Å². The van der Waals surface area contributed by atoms with Gasteiger partial charge in [-0.15, -0.1) is 0 Å². The molecule has 21 heavy (non-hydrogen) atoms. The average Bonchev–Trinajstić information content (AvgIpc) is 2.92. The van der Waals surface area contributed by atoms with Crippen LogP contribution < -0.4 is 4.90 Å². The van der Waals surface area contributed by atoms with Crippen molar-refractivity contribution in [2.24, 2.45) is 0 Å². The number of carboxylic acids is 1. The molecule has 2 heterocycles. The topological polar surface area (TPSA) is 117 Å². The monoisotopic (exact) mass is 295 g/mol. The number of rotatable bonds is 6. The van der Waals surface area contributed by atoms with Crippen LogP contribution in [0.4, 0.5) is 11.5 Å². The number of hydrogen-bond donors (Lipinski definition) is 2. The second-order valence-electron chi connectivity index (χ2n) is 4.98. The first kappa shape index (κ1) is 15.2. The van der Waals surface area contributed by atoms with Gasteiger partial charge in [0.05, 0.1) is 10.5 Å². The van der Waals surface area contributed by atoms with E-state index in [1.165, 1.54) is 0 Å². The van der Waals surface area contributed by atoms with Crippen molar-refractivity contribution in [1.82, 2.24) is 4.98 Å². The molecule has 1 atom stereocenters. The third-order valence-corrected chi connectivity index (χ3v) is 3.64.